The highest BCUT2D eigenvalue weighted by atomic mass is 16.5. The maximum absolute atomic E-state index is 7.44. The topological polar surface area (TPSA) is 84.0 Å². The third kappa shape index (κ3) is 6.90. The van der Waals surface area contributed by atoms with Gasteiger partial charge in [0.2, 0.25) is 0 Å². The fraction of sp³-hybridized carbons (Fsp3) is 0.0267. The Morgan fingerprint density at radius 3 is 1.77 bits per heavy atom. The van der Waals surface area contributed by atoms with Gasteiger partial charge in [0, 0.05) is 82.7 Å². The number of fused-ring (bicyclic) bond motifs is 17. The molecule has 0 spiro atoms. The number of furan rings is 2. The van der Waals surface area contributed by atoms with E-state index >= 15 is 0 Å². The van der Waals surface area contributed by atoms with Gasteiger partial charge in [-0.3, -0.25) is 0 Å². The second kappa shape index (κ2) is 17.7. The summed E-state index contributed by atoms with van der Waals surface area (Å²) in [5.41, 5.74) is 17.5. The van der Waals surface area contributed by atoms with Crippen LogP contribution in [0.1, 0.15) is 23.7 Å². The van der Waals surface area contributed by atoms with E-state index in [9.17, 15) is 0 Å². The van der Waals surface area contributed by atoms with Gasteiger partial charge in [-0.15, -0.1) is 0 Å². The number of rotatable bonds is 7. The van der Waals surface area contributed by atoms with Crippen molar-refractivity contribution in [1.29, 1.82) is 0 Å². The Labute approximate surface area is 474 Å². The Bertz CT molecular complexity index is 5390. The molecule has 0 N–H and O–H groups in total. The minimum Gasteiger partial charge on any atom is -0.461 e. The molecule has 2 aliphatic rings. The molecule has 8 heteroatoms. The molecule has 1 atom stereocenters. The molecular weight excluding hydrogens is 1020 g/mol. The number of ether oxygens (including phenoxy) is 1. The molecule has 11 aromatic carbocycles. The van der Waals surface area contributed by atoms with Crippen LogP contribution >= 0.6 is 0 Å². The lowest BCUT2D eigenvalue weighted by atomic mass is 9.89. The number of aromatic nitrogens is 5. The lowest BCUT2D eigenvalue weighted by Gasteiger charge is -2.21. The average molecular weight is 1060 g/mol. The van der Waals surface area contributed by atoms with E-state index < -0.39 is 0 Å². The fourth-order valence-electron chi connectivity index (χ4n) is 13.4. The van der Waals surface area contributed by atoms with Crippen LogP contribution in [-0.2, 0) is 0 Å². The standard InChI is InChI=1S/C75H45N5O3/c1-4-18-44(19-5-1)59-40-48(75-77-73(46-32-34-53-51-25-12-16-30-64(51)81-66(53)42-46)76-74(78-75)47-33-35-54-52-26-13-17-31-65(52)82-67(54)43-47)41-60(45-20-6-2-7-21-45)69(59)80-62-29-15-11-27-58(62)68-63(80)39-38-56-57-37-36-55-50-24-10-14-28-61(50)79(49-22-8-3-9-23-49)70(55)72(57)83-71(56)68/h1-34,36-43,54H,35H2. The quantitative estimate of drug-likeness (QED) is 0.158. The van der Waals surface area contributed by atoms with Crippen molar-refractivity contribution < 1.29 is 13.6 Å². The first-order valence-corrected chi connectivity index (χ1v) is 28.2. The molecular formula is C75H45N5O3. The van der Waals surface area contributed by atoms with Gasteiger partial charge in [-0.25, -0.2) is 15.0 Å². The van der Waals surface area contributed by atoms with Gasteiger partial charge in [-0.1, -0.05) is 170 Å². The molecule has 1 unspecified atom stereocenters. The summed E-state index contributed by atoms with van der Waals surface area (Å²) in [6.45, 7) is 0. The van der Waals surface area contributed by atoms with Gasteiger partial charge in [0.1, 0.15) is 28.3 Å². The Hall–Kier alpha value is -11.1. The van der Waals surface area contributed by atoms with Gasteiger partial charge in [0.05, 0.1) is 33.1 Å². The minimum atomic E-state index is 0.132. The normalized spacial score (nSPS) is 14.1. The van der Waals surface area contributed by atoms with Crippen molar-refractivity contribution in [2.45, 2.75) is 12.3 Å². The summed E-state index contributed by atoms with van der Waals surface area (Å²) in [6, 6.07) is 85.7. The summed E-state index contributed by atoms with van der Waals surface area (Å²) in [7, 11) is 0. The molecule has 388 valence electrons. The Morgan fingerprint density at radius 2 is 0.988 bits per heavy atom. The van der Waals surface area contributed by atoms with Gasteiger partial charge < -0.3 is 22.7 Å². The predicted molar refractivity (Wildman–Crippen MR) is 335 cm³/mol. The van der Waals surface area contributed by atoms with Crippen LogP contribution in [0.3, 0.4) is 0 Å². The van der Waals surface area contributed by atoms with Crippen molar-refractivity contribution in [1.82, 2.24) is 24.1 Å². The molecule has 83 heavy (non-hydrogen) atoms. The van der Waals surface area contributed by atoms with Crippen LogP contribution in [0.15, 0.2) is 269 Å². The van der Waals surface area contributed by atoms with Crippen LogP contribution in [-0.4, -0.2) is 24.1 Å². The van der Waals surface area contributed by atoms with Crippen molar-refractivity contribution in [3.8, 4) is 62.2 Å². The Balaban J connectivity index is 0.893. The lowest BCUT2D eigenvalue weighted by molar-refractivity contribution is 0.426. The van der Waals surface area contributed by atoms with E-state index in [0.717, 1.165) is 150 Å². The maximum atomic E-state index is 7.44. The Kier molecular flexibility index (Phi) is 9.76. The summed E-state index contributed by atoms with van der Waals surface area (Å²) in [5.74, 6) is 3.56. The second-order valence-electron chi connectivity index (χ2n) is 21.7. The zero-order valence-corrected chi connectivity index (χ0v) is 44.5. The first kappa shape index (κ1) is 45.7. The lowest BCUT2D eigenvalue weighted by Crippen LogP contribution is -2.08. The number of hydrogen-bond donors (Lipinski definition) is 0. The number of hydrogen-bond acceptors (Lipinski definition) is 6. The minimum absolute atomic E-state index is 0.132. The molecule has 0 saturated carbocycles. The fourth-order valence-corrected chi connectivity index (χ4v) is 13.4. The summed E-state index contributed by atoms with van der Waals surface area (Å²) >= 11 is 0. The number of para-hydroxylation sites is 5. The van der Waals surface area contributed by atoms with Crippen LogP contribution in [0, 0.1) is 0 Å². The molecule has 1 aliphatic carbocycles. The van der Waals surface area contributed by atoms with Crippen molar-refractivity contribution >= 4 is 93.1 Å². The van der Waals surface area contributed by atoms with E-state index in [1.165, 1.54) is 10.9 Å². The third-order valence-corrected chi connectivity index (χ3v) is 17.1. The summed E-state index contributed by atoms with van der Waals surface area (Å²) in [5, 5.41) is 8.70. The maximum Gasteiger partial charge on any atom is 0.164 e. The second-order valence-corrected chi connectivity index (χ2v) is 21.7. The molecule has 0 fully saturated rings. The van der Waals surface area contributed by atoms with Crippen molar-refractivity contribution in [3.05, 3.63) is 272 Å². The molecule has 0 radical (unpaired) electrons. The first-order chi connectivity index (χ1) is 41.1. The van der Waals surface area contributed by atoms with Crippen LogP contribution in [0.2, 0.25) is 0 Å². The summed E-state index contributed by atoms with van der Waals surface area (Å²) < 4.78 is 25.2. The van der Waals surface area contributed by atoms with E-state index in [1.807, 2.05) is 30.3 Å². The van der Waals surface area contributed by atoms with E-state index in [1.54, 1.807) is 0 Å². The van der Waals surface area contributed by atoms with Gasteiger partial charge in [0.25, 0.3) is 0 Å². The monoisotopic (exact) mass is 1060 g/mol. The van der Waals surface area contributed by atoms with Gasteiger partial charge in [-0.2, -0.15) is 0 Å². The van der Waals surface area contributed by atoms with E-state index in [2.05, 4.69) is 234 Å². The smallest absolute Gasteiger partial charge is 0.164 e. The number of nitrogens with zero attached hydrogens (tertiary/aromatic N) is 5. The zero-order chi connectivity index (χ0) is 54.3. The van der Waals surface area contributed by atoms with E-state index in [0.29, 0.717) is 17.5 Å². The molecule has 6 heterocycles. The Morgan fingerprint density at radius 1 is 0.398 bits per heavy atom. The highest BCUT2D eigenvalue weighted by Gasteiger charge is 2.33. The highest BCUT2D eigenvalue weighted by molar-refractivity contribution is 6.28. The number of benzene rings is 11. The van der Waals surface area contributed by atoms with E-state index in [-0.39, 0.29) is 5.92 Å². The SMILES string of the molecule is C1=C(c2nc(-c3cc(-c4ccccc4)c(-n4c5ccccc5c5c6oc7c(ccc8c9ccccc9n(-c9ccccc9)c87)c6ccc54)c(-c4ccccc4)c3)nc(-c3ccc4c(c3)oc3ccccc34)n2)C=C2Oc3ccccc3C2C1. The van der Waals surface area contributed by atoms with E-state index in [4.69, 9.17) is 28.5 Å². The summed E-state index contributed by atoms with van der Waals surface area (Å²) in [4.78, 5) is 16.2. The number of allylic oxidation sites excluding steroid dienone is 4. The highest BCUT2D eigenvalue weighted by Crippen LogP contribution is 2.50. The largest absolute Gasteiger partial charge is 0.461 e. The van der Waals surface area contributed by atoms with Crippen molar-refractivity contribution in [2.75, 3.05) is 0 Å². The van der Waals surface area contributed by atoms with Crippen molar-refractivity contribution in [3.63, 3.8) is 0 Å². The molecule has 0 bridgehead atoms. The van der Waals surface area contributed by atoms with Gasteiger partial charge in [0.15, 0.2) is 23.1 Å². The third-order valence-electron chi connectivity index (χ3n) is 17.1. The molecule has 1 aliphatic heterocycles. The van der Waals surface area contributed by atoms with Crippen LogP contribution in [0.25, 0.3) is 149 Å². The van der Waals surface area contributed by atoms with Gasteiger partial charge in [-0.05, 0) is 102 Å². The zero-order valence-electron chi connectivity index (χ0n) is 44.5. The van der Waals surface area contributed by atoms with Crippen molar-refractivity contribution in [2.24, 2.45) is 0 Å². The van der Waals surface area contributed by atoms with Crippen LogP contribution in [0.5, 0.6) is 5.75 Å². The molecule has 8 nitrogen and oxygen atoms in total. The molecule has 5 aromatic heterocycles. The van der Waals surface area contributed by atoms with Crippen LogP contribution < -0.4 is 4.74 Å². The molecule has 18 rings (SSSR count). The molecule has 16 aromatic rings. The molecule has 0 amide bonds. The summed E-state index contributed by atoms with van der Waals surface area (Å²) in [6.07, 6.45) is 5.11. The first-order valence-electron chi connectivity index (χ1n) is 28.2. The molecule has 0 saturated heterocycles. The predicted octanol–water partition coefficient (Wildman–Crippen LogP) is 19.4. The van der Waals surface area contributed by atoms with Gasteiger partial charge >= 0.3 is 0 Å². The van der Waals surface area contributed by atoms with Crippen LogP contribution in [0.4, 0.5) is 0 Å². The average Bonchev–Trinajstić information content (AvgIpc) is 2.91.